The van der Waals surface area contributed by atoms with Gasteiger partial charge in [-0.15, -0.1) is 0 Å². The summed E-state index contributed by atoms with van der Waals surface area (Å²) in [7, 11) is 0. The average Bonchev–Trinajstić information content (AvgIpc) is 3.58. The standard InChI is InChI=1S/C37H26N4S/c1-37(2)29-12-7-6-11-28(29)33-31(37)32(40-34(41-33)26-9-4-3-5-10-26)25-18-14-23(15-19-25)24-16-20-27(21-17-24)35-39-30-13-8-22-38-36(30)42-35/h3-22H,1-2H3. The molecule has 1 aliphatic rings. The van der Waals surface area contributed by atoms with Gasteiger partial charge in [-0.3, -0.25) is 0 Å². The number of aromatic nitrogens is 4. The van der Waals surface area contributed by atoms with E-state index in [1.165, 1.54) is 16.7 Å². The van der Waals surface area contributed by atoms with Gasteiger partial charge in [0, 0.05) is 39.4 Å². The smallest absolute Gasteiger partial charge is 0.160 e. The van der Waals surface area contributed by atoms with Crippen molar-refractivity contribution in [1.82, 2.24) is 19.9 Å². The van der Waals surface area contributed by atoms with E-state index < -0.39 is 0 Å². The lowest BCUT2D eigenvalue weighted by atomic mass is 9.80. The topological polar surface area (TPSA) is 51.6 Å². The van der Waals surface area contributed by atoms with Crippen LogP contribution in [0.5, 0.6) is 0 Å². The molecule has 42 heavy (non-hydrogen) atoms. The van der Waals surface area contributed by atoms with Crippen molar-refractivity contribution in [2.45, 2.75) is 19.3 Å². The van der Waals surface area contributed by atoms with Gasteiger partial charge in [-0.25, -0.2) is 19.9 Å². The monoisotopic (exact) mass is 558 g/mol. The molecule has 0 spiro atoms. The van der Waals surface area contributed by atoms with Crippen molar-refractivity contribution in [3.63, 3.8) is 0 Å². The zero-order valence-corrected chi connectivity index (χ0v) is 24.1. The molecule has 8 rings (SSSR count). The maximum atomic E-state index is 5.21. The minimum atomic E-state index is -0.207. The van der Waals surface area contributed by atoms with Gasteiger partial charge in [0.1, 0.15) is 15.4 Å². The lowest BCUT2D eigenvalue weighted by Gasteiger charge is -2.24. The number of hydrogen-bond donors (Lipinski definition) is 0. The number of nitrogens with zero attached hydrogens (tertiary/aromatic N) is 4. The first kappa shape index (κ1) is 24.8. The third-order valence-corrected chi connectivity index (χ3v) is 9.24. The van der Waals surface area contributed by atoms with Crippen molar-refractivity contribution in [2.75, 3.05) is 0 Å². The second-order valence-corrected chi connectivity index (χ2v) is 12.1. The molecule has 1 aliphatic carbocycles. The number of hydrogen-bond acceptors (Lipinski definition) is 5. The first-order valence-corrected chi connectivity index (χ1v) is 14.9. The fraction of sp³-hybridized carbons (Fsp3) is 0.0811. The van der Waals surface area contributed by atoms with Crippen molar-refractivity contribution in [3.8, 4) is 55.6 Å². The summed E-state index contributed by atoms with van der Waals surface area (Å²) in [6.45, 7) is 4.56. The summed E-state index contributed by atoms with van der Waals surface area (Å²) in [5.74, 6) is 0.751. The maximum absolute atomic E-state index is 5.21. The van der Waals surface area contributed by atoms with Crippen molar-refractivity contribution >= 4 is 21.7 Å². The van der Waals surface area contributed by atoms with Crippen LogP contribution in [-0.4, -0.2) is 19.9 Å². The van der Waals surface area contributed by atoms with Crippen LogP contribution in [0.1, 0.15) is 25.0 Å². The fourth-order valence-electron chi connectivity index (χ4n) is 6.06. The Morgan fingerprint density at radius 3 is 1.93 bits per heavy atom. The number of pyridine rings is 1. The molecule has 0 fully saturated rings. The van der Waals surface area contributed by atoms with E-state index in [2.05, 4.69) is 104 Å². The third-order valence-electron chi connectivity index (χ3n) is 8.21. The van der Waals surface area contributed by atoms with Gasteiger partial charge in [-0.1, -0.05) is 128 Å². The molecule has 0 bridgehead atoms. The minimum Gasteiger partial charge on any atom is -0.244 e. The Bertz CT molecular complexity index is 2060. The van der Waals surface area contributed by atoms with E-state index in [0.29, 0.717) is 0 Å². The van der Waals surface area contributed by atoms with Crippen LogP contribution in [0.15, 0.2) is 121 Å². The van der Waals surface area contributed by atoms with Crippen LogP contribution in [0.2, 0.25) is 0 Å². The molecule has 0 atom stereocenters. The summed E-state index contributed by atoms with van der Waals surface area (Å²) in [6, 6.07) is 40.2. The van der Waals surface area contributed by atoms with Gasteiger partial charge in [-0.2, -0.15) is 0 Å². The SMILES string of the molecule is CC1(C)c2ccccc2-c2nc(-c3ccccc3)nc(-c3ccc(-c4ccc(-c5nc6cccnc6s5)cc4)cc3)c21. The first-order valence-electron chi connectivity index (χ1n) is 14.1. The van der Waals surface area contributed by atoms with Crippen LogP contribution in [0, 0.1) is 0 Å². The summed E-state index contributed by atoms with van der Waals surface area (Å²) in [6.07, 6.45) is 1.81. The first-order chi connectivity index (χ1) is 20.6. The molecule has 0 aliphatic heterocycles. The van der Waals surface area contributed by atoms with Crippen LogP contribution in [0.4, 0.5) is 0 Å². The van der Waals surface area contributed by atoms with Crippen LogP contribution in [0.3, 0.4) is 0 Å². The van der Waals surface area contributed by atoms with Crippen LogP contribution in [-0.2, 0) is 5.41 Å². The number of thiazole rings is 1. The molecular formula is C37H26N4S. The molecule has 0 unspecified atom stereocenters. The molecule has 4 aromatic carbocycles. The summed E-state index contributed by atoms with van der Waals surface area (Å²) in [5.41, 5.74) is 12.0. The summed E-state index contributed by atoms with van der Waals surface area (Å²) < 4.78 is 0. The minimum absolute atomic E-state index is 0.207. The Kier molecular flexibility index (Phi) is 5.62. The zero-order chi connectivity index (χ0) is 28.3. The number of rotatable bonds is 4. The van der Waals surface area contributed by atoms with Crippen LogP contribution < -0.4 is 0 Å². The molecule has 4 nitrogen and oxygen atoms in total. The Labute approximate surface area is 248 Å². The van der Waals surface area contributed by atoms with E-state index in [4.69, 9.17) is 15.0 Å². The summed E-state index contributed by atoms with van der Waals surface area (Å²) >= 11 is 1.62. The van der Waals surface area contributed by atoms with Gasteiger partial charge in [0.05, 0.1) is 11.4 Å². The molecule has 0 radical (unpaired) electrons. The van der Waals surface area contributed by atoms with Crippen molar-refractivity contribution in [1.29, 1.82) is 0 Å². The molecule has 3 aromatic heterocycles. The Morgan fingerprint density at radius 2 is 1.19 bits per heavy atom. The van der Waals surface area contributed by atoms with E-state index in [1.54, 1.807) is 11.3 Å². The van der Waals surface area contributed by atoms with Gasteiger partial charge < -0.3 is 0 Å². The lowest BCUT2D eigenvalue weighted by molar-refractivity contribution is 0.658. The zero-order valence-electron chi connectivity index (χ0n) is 23.2. The second kappa shape index (κ2) is 9.54. The molecule has 3 heterocycles. The maximum Gasteiger partial charge on any atom is 0.160 e. The summed E-state index contributed by atoms with van der Waals surface area (Å²) in [5, 5.41) is 0.987. The Hall–Kier alpha value is -5.00. The van der Waals surface area contributed by atoms with E-state index >= 15 is 0 Å². The molecule has 5 heteroatoms. The highest BCUT2D eigenvalue weighted by atomic mass is 32.1. The van der Waals surface area contributed by atoms with Gasteiger partial charge in [0.2, 0.25) is 0 Å². The predicted molar refractivity (Wildman–Crippen MR) is 172 cm³/mol. The fourth-order valence-corrected chi connectivity index (χ4v) is 6.97. The highest BCUT2D eigenvalue weighted by Gasteiger charge is 2.39. The van der Waals surface area contributed by atoms with E-state index in [0.717, 1.165) is 60.4 Å². The quantitative estimate of drug-likeness (QED) is 0.216. The average molecular weight is 559 g/mol. The predicted octanol–water partition coefficient (Wildman–Crippen LogP) is 9.46. The molecule has 200 valence electrons. The van der Waals surface area contributed by atoms with Crippen LogP contribution >= 0.6 is 11.3 Å². The van der Waals surface area contributed by atoms with Gasteiger partial charge in [0.25, 0.3) is 0 Å². The molecular weight excluding hydrogens is 533 g/mol. The van der Waals surface area contributed by atoms with E-state index in [9.17, 15) is 0 Å². The lowest BCUT2D eigenvalue weighted by Crippen LogP contribution is -2.17. The van der Waals surface area contributed by atoms with E-state index in [1.807, 2.05) is 36.5 Å². The molecule has 0 saturated carbocycles. The normalized spacial score (nSPS) is 13.2. The van der Waals surface area contributed by atoms with E-state index in [-0.39, 0.29) is 5.41 Å². The molecule has 0 N–H and O–H groups in total. The van der Waals surface area contributed by atoms with Crippen molar-refractivity contribution in [3.05, 3.63) is 133 Å². The largest absolute Gasteiger partial charge is 0.244 e. The van der Waals surface area contributed by atoms with Crippen molar-refractivity contribution in [2.24, 2.45) is 0 Å². The molecule has 0 amide bonds. The highest BCUT2D eigenvalue weighted by molar-refractivity contribution is 7.21. The molecule has 0 saturated heterocycles. The van der Waals surface area contributed by atoms with Gasteiger partial charge in [-0.05, 0) is 28.8 Å². The van der Waals surface area contributed by atoms with Gasteiger partial charge in [0.15, 0.2) is 5.82 Å². The second-order valence-electron chi connectivity index (χ2n) is 11.2. The highest BCUT2D eigenvalue weighted by Crippen LogP contribution is 2.51. The third kappa shape index (κ3) is 3.97. The number of benzene rings is 4. The van der Waals surface area contributed by atoms with Gasteiger partial charge >= 0.3 is 0 Å². The Balaban J connectivity index is 1.19. The van der Waals surface area contributed by atoms with Crippen LogP contribution in [0.25, 0.3) is 65.9 Å². The van der Waals surface area contributed by atoms with Crippen molar-refractivity contribution < 1.29 is 0 Å². The Morgan fingerprint density at radius 1 is 0.548 bits per heavy atom. The number of fused-ring (bicyclic) bond motifs is 4. The summed E-state index contributed by atoms with van der Waals surface area (Å²) in [4.78, 5) is 20.5. The molecule has 7 aromatic rings.